The minimum atomic E-state index is -0.691. The topological polar surface area (TPSA) is 78.2 Å². The van der Waals surface area contributed by atoms with Gasteiger partial charge < -0.3 is 14.6 Å². The van der Waals surface area contributed by atoms with Crippen LogP contribution in [0.2, 0.25) is 5.02 Å². The van der Waals surface area contributed by atoms with Crippen LogP contribution in [-0.2, 0) is 17.9 Å². The van der Waals surface area contributed by atoms with Crippen molar-refractivity contribution in [2.45, 2.75) is 13.1 Å². The summed E-state index contributed by atoms with van der Waals surface area (Å²) in [6, 6.07) is 15.1. The highest BCUT2D eigenvalue weighted by atomic mass is 35.5. The van der Waals surface area contributed by atoms with Crippen molar-refractivity contribution < 1.29 is 18.3 Å². The van der Waals surface area contributed by atoms with Crippen LogP contribution in [0.1, 0.15) is 5.56 Å². The molecule has 0 aliphatic heterocycles. The Hall–Kier alpha value is -4.24. The lowest BCUT2D eigenvalue weighted by Crippen LogP contribution is -2.25. The molecule has 1 amide bonds. The lowest BCUT2D eigenvalue weighted by Gasteiger charge is -2.11. The van der Waals surface area contributed by atoms with Crippen molar-refractivity contribution in [1.29, 1.82) is 0 Å². The van der Waals surface area contributed by atoms with E-state index in [9.17, 15) is 18.4 Å². The summed E-state index contributed by atoms with van der Waals surface area (Å²) in [5.41, 5.74) is 1.24. The molecule has 0 aliphatic rings. The van der Waals surface area contributed by atoms with E-state index in [4.69, 9.17) is 16.3 Å². The first-order valence-corrected chi connectivity index (χ1v) is 11.3. The first-order valence-electron chi connectivity index (χ1n) is 10.9. The van der Waals surface area contributed by atoms with Crippen LogP contribution in [0.4, 0.5) is 14.5 Å². The van der Waals surface area contributed by atoms with E-state index in [1.54, 1.807) is 19.2 Å². The van der Waals surface area contributed by atoms with Crippen LogP contribution in [0.3, 0.4) is 0 Å². The van der Waals surface area contributed by atoms with E-state index in [0.29, 0.717) is 16.7 Å². The van der Waals surface area contributed by atoms with E-state index in [0.717, 1.165) is 11.6 Å². The number of rotatable bonds is 6. The number of methoxy groups -OCH3 is 1. The average molecular weight is 509 g/mol. The van der Waals surface area contributed by atoms with Gasteiger partial charge in [0, 0.05) is 10.4 Å². The Balaban J connectivity index is 1.57. The van der Waals surface area contributed by atoms with E-state index >= 15 is 0 Å². The Labute approximate surface area is 208 Å². The van der Waals surface area contributed by atoms with Crippen LogP contribution >= 0.6 is 11.6 Å². The number of fused-ring (bicyclic) bond motifs is 3. The Morgan fingerprint density at radius 1 is 1.08 bits per heavy atom. The summed E-state index contributed by atoms with van der Waals surface area (Å²) < 4.78 is 36.3. The molecule has 0 saturated heterocycles. The molecule has 182 valence electrons. The maximum absolute atomic E-state index is 14.2. The Kier molecular flexibility index (Phi) is 6.15. The van der Waals surface area contributed by atoms with Crippen LogP contribution in [0.25, 0.3) is 21.9 Å². The summed E-state index contributed by atoms with van der Waals surface area (Å²) in [6.45, 7) is -0.0962. The molecule has 1 N–H and O–H groups in total. The second-order valence-electron chi connectivity index (χ2n) is 8.14. The minimum absolute atomic E-state index is 0.0498. The molecule has 0 fully saturated rings. The van der Waals surface area contributed by atoms with Gasteiger partial charge in [0.25, 0.3) is 5.56 Å². The number of hydrogen-bond donors (Lipinski definition) is 1. The predicted octanol–water partition coefficient (Wildman–Crippen LogP) is 4.98. The van der Waals surface area contributed by atoms with Crippen molar-refractivity contribution >= 4 is 45.1 Å². The average Bonchev–Trinajstić information content (AvgIpc) is 3.16. The van der Waals surface area contributed by atoms with Gasteiger partial charge in [0.1, 0.15) is 35.0 Å². The third-order valence-electron chi connectivity index (χ3n) is 5.81. The molecule has 5 aromatic rings. The van der Waals surface area contributed by atoms with Gasteiger partial charge in [0.05, 0.1) is 31.2 Å². The fourth-order valence-corrected chi connectivity index (χ4v) is 4.26. The summed E-state index contributed by atoms with van der Waals surface area (Å²) in [5, 5.41) is 3.08. The van der Waals surface area contributed by atoms with E-state index in [1.807, 2.05) is 12.1 Å². The summed E-state index contributed by atoms with van der Waals surface area (Å²) in [7, 11) is 1.57. The zero-order valence-electron chi connectivity index (χ0n) is 19.0. The van der Waals surface area contributed by atoms with Crippen molar-refractivity contribution in [3.8, 4) is 5.75 Å². The van der Waals surface area contributed by atoms with Crippen LogP contribution in [0.5, 0.6) is 5.75 Å². The number of nitrogens with zero attached hydrogens (tertiary/aromatic N) is 3. The Morgan fingerprint density at radius 3 is 2.58 bits per heavy atom. The predicted molar refractivity (Wildman–Crippen MR) is 134 cm³/mol. The fourth-order valence-electron chi connectivity index (χ4n) is 4.10. The fraction of sp³-hybridized carbons (Fsp3) is 0.115. The molecular weight excluding hydrogens is 490 g/mol. The summed E-state index contributed by atoms with van der Waals surface area (Å²) in [5.74, 6) is -1.09. The summed E-state index contributed by atoms with van der Waals surface area (Å²) in [4.78, 5) is 30.8. The zero-order valence-corrected chi connectivity index (χ0v) is 19.7. The molecule has 2 heterocycles. The van der Waals surface area contributed by atoms with Gasteiger partial charge in [-0.2, -0.15) is 0 Å². The molecule has 0 saturated carbocycles. The molecule has 0 radical (unpaired) electrons. The third kappa shape index (κ3) is 4.40. The number of amides is 1. The standard InChI is InChI=1S/C26H19ClF2N4O3/c1-36-18-6-2-15(3-7-18)12-32-14-30-24-19-11-17(28)5-9-22(19)33(25(24)26(32)35)13-23(34)31-21-8-4-16(27)10-20(21)29/h2-11,14H,12-13H2,1H3,(H,31,34). The number of ether oxygens (including phenoxy) is 1. The van der Waals surface area contributed by atoms with Crippen LogP contribution in [-0.4, -0.2) is 27.1 Å². The number of anilines is 1. The maximum atomic E-state index is 14.2. The van der Waals surface area contributed by atoms with Crippen molar-refractivity contribution in [2.75, 3.05) is 12.4 Å². The molecule has 10 heteroatoms. The number of aromatic nitrogens is 3. The number of hydrogen-bond acceptors (Lipinski definition) is 4. The first kappa shape index (κ1) is 23.5. The van der Waals surface area contributed by atoms with Crippen LogP contribution < -0.4 is 15.6 Å². The largest absolute Gasteiger partial charge is 0.497 e. The van der Waals surface area contributed by atoms with E-state index in [2.05, 4.69) is 10.3 Å². The maximum Gasteiger partial charge on any atom is 0.278 e. The first-order chi connectivity index (χ1) is 17.3. The third-order valence-corrected chi connectivity index (χ3v) is 6.04. The molecule has 7 nitrogen and oxygen atoms in total. The van der Waals surface area contributed by atoms with Crippen LogP contribution in [0, 0.1) is 11.6 Å². The van der Waals surface area contributed by atoms with Gasteiger partial charge in [-0.15, -0.1) is 0 Å². The van der Waals surface area contributed by atoms with E-state index in [-0.39, 0.29) is 34.8 Å². The number of carbonyl (C=O) groups excluding carboxylic acids is 1. The van der Waals surface area contributed by atoms with Crippen molar-refractivity contribution in [3.63, 3.8) is 0 Å². The lowest BCUT2D eigenvalue weighted by molar-refractivity contribution is -0.116. The highest BCUT2D eigenvalue weighted by Gasteiger charge is 2.20. The highest BCUT2D eigenvalue weighted by Crippen LogP contribution is 2.27. The number of halogens is 3. The molecule has 3 aromatic carbocycles. The molecule has 36 heavy (non-hydrogen) atoms. The number of nitrogens with one attached hydrogen (secondary N) is 1. The molecule has 0 aliphatic carbocycles. The molecule has 0 unspecified atom stereocenters. The molecule has 0 bridgehead atoms. The van der Waals surface area contributed by atoms with Gasteiger partial charge in [0.2, 0.25) is 5.91 Å². The molecule has 2 aromatic heterocycles. The second kappa shape index (κ2) is 9.43. The quantitative estimate of drug-likeness (QED) is 0.351. The highest BCUT2D eigenvalue weighted by molar-refractivity contribution is 6.30. The molecule has 0 spiro atoms. The normalized spacial score (nSPS) is 11.2. The summed E-state index contributed by atoms with van der Waals surface area (Å²) >= 11 is 5.78. The zero-order chi connectivity index (χ0) is 25.4. The smallest absolute Gasteiger partial charge is 0.278 e. The number of benzene rings is 3. The second-order valence-corrected chi connectivity index (χ2v) is 8.58. The van der Waals surface area contributed by atoms with Crippen molar-refractivity contribution in [1.82, 2.24) is 14.1 Å². The van der Waals surface area contributed by atoms with Gasteiger partial charge in [-0.05, 0) is 54.1 Å². The Bertz CT molecular complexity index is 1680. The lowest BCUT2D eigenvalue weighted by atomic mass is 10.2. The van der Waals surface area contributed by atoms with Gasteiger partial charge >= 0.3 is 0 Å². The SMILES string of the molecule is COc1ccc(Cn2cnc3c4cc(F)ccc4n(CC(=O)Nc4ccc(Cl)cc4F)c3c2=O)cc1. The number of carbonyl (C=O) groups is 1. The van der Waals surface area contributed by atoms with E-state index in [1.165, 1.54) is 45.8 Å². The van der Waals surface area contributed by atoms with Gasteiger partial charge in [-0.1, -0.05) is 23.7 Å². The van der Waals surface area contributed by atoms with Gasteiger partial charge in [0.15, 0.2) is 0 Å². The van der Waals surface area contributed by atoms with Crippen molar-refractivity contribution in [2.24, 2.45) is 0 Å². The van der Waals surface area contributed by atoms with Crippen LogP contribution in [0.15, 0.2) is 71.8 Å². The molecule has 5 rings (SSSR count). The molecule has 0 atom stereocenters. The monoisotopic (exact) mass is 508 g/mol. The Morgan fingerprint density at radius 2 is 1.86 bits per heavy atom. The van der Waals surface area contributed by atoms with Gasteiger partial charge in [-0.3, -0.25) is 14.2 Å². The molecular formula is C26H19ClF2N4O3. The summed E-state index contributed by atoms with van der Waals surface area (Å²) in [6.07, 6.45) is 1.40. The minimum Gasteiger partial charge on any atom is -0.497 e. The van der Waals surface area contributed by atoms with E-state index < -0.39 is 23.1 Å². The van der Waals surface area contributed by atoms with Crippen molar-refractivity contribution in [3.05, 3.63) is 99.6 Å². The van der Waals surface area contributed by atoms with Gasteiger partial charge in [-0.25, -0.2) is 13.8 Å².